The van der Waals surface area contributed by atoms with E-state index < -0.39 is 15.9 Å². The highest BCUT2D eigenvalue weighted by atomic mass is 35.5. The van der Waals surface area contributed by atoms with E-state index in [-0.39, 0.29) is 16.3 Å². The number of methoxy groups -OCH3 is 2. The highest BCUT2D eigenvalue weighted by Gasteiger charge is 2.14. The van der Waals surface area contributed by atoms with Crippen LogP contribution in [0.3, 0.4) is 0 Å². The Kier molecular flexibility index (Phi) is 5.76. The molecular weight excluding hydrogens is 368 g/mol. The number of anilines is 2. The number of ether oxygens (including phenoxy) is 2. The summed E-state index contributed by atoms with van der Waals surface area (Å²) in [7, 11) is -0.415. The van der Waals surface area contributed by atoms with Crippen molar-refractivity contribution in [1.29, 1.82) is 0 Å². The number of rotatable bonds is 6. The smallest absolute Gasteiger partial charge is 0.257 e. The number of sulfonamides is 1. The summed E-state index contributed by atoms with van der Waals surface area (Å²) in [5.41, 5.74) is 0.975. The molecule has 2 rings (SSSR count). The van der Waals surface area contributed by atoms with Crippen LogP contribution in [0.25, 0.3) is 0 Å². The molecule has 0 bridgehead atoms. The molecule has 0 aromatic heterocycles. The van der Waals surface area contributed by atoms with Gasteiger partial charge in [-0.15, -0.1) is 0 Å². The maximum Gasteiger partial charge on any atom is 0.257 e. The number of carbonyl (C=O) groups excluding carboxylic acids is 1. The van der Waals surface area contributed by atoms with Gasteiger partial charge in [0.25, 0.3) is 5.91 Å². The quantitative estimate of drug-likeness (QED) is 0.798. The zero-order valence-corrected chi connectivity index (χ0v) is 15.4. The average Bonchev–Trinajstić information content (AvgIpc) is 2.53. The van der Waals surface area contributed by atoms with Gasteiger partial charge in [0.1, 0.15) is 0 Å². The first-order valence-electron chi connectivity index (χ1n) is 7.04. The summed E-state index contributed by atoms with van der Waals surface area (Å²) in [4.78, 5) is 12.4. The predicted molar refractivity (Wildman–Crippen MR) is 97.4 cm³/mol. The third kappa shape index (κ3) is 5.01. The Morgan fingerprint density at radius 1 is 1.00 bits per heavy atom. The van der Waals surface area contributed by atoms with Gasteiger partial charge < -0.3 is 14.8 Å². The fourth-order valence-electron chi connectivity index (χ4n) is 2.09. The van der Waals surface area contributed by atoms with Gasteiger partial charge >= 0.3 is 0 Å². The number of halogens is 1. The molecule has 134 valence electrons. The Bertz CT molecular complexity index is 899. The summed E-state index contributed by atoms with van der Waals surface area (Å²) in [5, 5.41) is 2.81. The number of hydrogen-bond acceptors (Lipinski definition) is 5. The van der Waals surface area contributed by atoms with Crippen molar-refractivity contribution in [3.05, 3.63) is 47.0 Å². The second-order valence-electron chi connectivity index (χ2n) is 5.09. The molecule has 0 atom stereocenters. The highest BCUT2D eigenvalue weighted by molar-refractivity contribution is 7.92. The molecule has 0 unspecified atom stereocenters. The first-order valence-corrected chi connectivity index (χ1v) is 9.31. The molecule has 7 nitrogen and oxygen atoms in total. The zero-order chi connectivity index (χ0) is 18.6. The third-order valence-electron chi connectivity index (χ3n) is 3.16. The van der Waals surface area contributed by atoms with Crippen molar-refractivity contribution in [3.8, 4) is 11.5 Å². The number of carbonyl (C=O) groups is 1. The monoisotopic (exact) mass is 384 g/mol. The van der Waals surface area contributed by atoms with E-state index >= 15 is 0 Å². The van der Waals surface area contributed by atoms with Gasteiger partial charge in [0, 0.05) is 17.4 Å². The van der Waals surface area contributed by atoms with Crippen molar-refractivity contribution in [3.63, 3.8) is 0 Å². The van der Waals surface area contributed by atoms with Gasteiger partial charge in [-0.3, -0.25) is 9.52 Å². The molecule has 0 radical (unpaired) electrons. The first kappa shape index (κ1) is 18.9. The van der Waals surface area contributed by atoms with E-state index in [2.05, 4.69) is 10.0 Å². The molecule has 2 aromatic carbocycles. The molecule has 0 fully saturated rings. The van der Waals surface area contributed by atoms with Crippen LogP contribution in [0, 0.1) is 0 Å². The molecule has 0 aliphatic carbocycles. The largest absolute Gasteiger partial charge is 0.493 e. The van der Waals surface area contributed by atoms with Crippen LogP contribution in [0.1, 0.15) is 10.4 Å². The number of amides is 1. The summed E-state index contributed by atoms with van der Waals surface area (Å²) < 4.78 is 35.1. The minimum atomic E-state index is -3.42. The summed E-state index contributed by atoms with van der Waals surface area (Å²) in [6.07, 6.45) is 1.03. The van der Waals surface area contributed by atoms with E-state index in [4.69, 9.17) is 21.1 Å². The van der Waals surface area contributed by atoms with Gasteiger partial charge in [0.2, 0.25) is 10.0 Å². The maximum atomic E-state index is 12.4. The van der Waals surface area contributed by atoms with Crippen LogP contribution in [0.15, 0.2) is 36.4 Å². The van der Waals surface area contributed by atoms with E-state index in [0.29, 0.717) is 17.2 Å². The lowest BCUT2D eigenvalue weighted by Gasteiger charge is -2.12. The van der Waals surface area contributed by atoms with Crippen molar-refractivity contribution >= 4 is 38.9 Å². The van der Waals surface area contributed by atoms with E-state index in [1.165, 1.54) is 32.4 Å². The van der Waals surface area contributed by atoms with Gasteiger partial charge in [0.15, 0.2) is 11.5 Å². The van der Waals surface area contributed by atoms with Crippen molar-refractivity contribution in [2.75, 3.05) is 30.5 Å². The molecule has 0 spiro atoms. The van der Waals surface area contributed by atoms with Crippen LogP contribution in [0.5, 0.6) is 11.5 Å². The molecule has 2 N–H and O–H groups in total. The van der Waals surface area contributed by atoms with E-state index in [1.54, 1.807) is 18.2 Å². The Hall–Kier alpha value is -2.45. The van der Waals surface area contributed by atoms with E-state index in [0.717, 1.165) is 6.26 Å². The van der Waals surface area contributed by atoms with Crippen LogP contribution in [0.4, 0.5) is 11.4 Å². The van der Waals surface area contributed by atoms with E-state index in [9.17, 15) is 13.2 Å². The second kappa shape index (κ2) is 7.62. The molecule has 1 amide bonds. The van der Waals surface area contributed by atoms with Crippen LogP contribution < -0.4 is 19.5 Å². The predicted octanol–water partition coefficient (Wildman–Crippen LogP) is 2.98. The van der Waals surface area contributed by atoms with Gasteiger partial charge in [-0.2, -0.15) is 0 Å². The Labute approximate surface area is 151 Å². The van der Waals surface area contributed by atoms with Crippen LogP contribution in [0.2, 0.25) is 5.02 Å². The van der Waals surface area contributed by atoms with Gasteiger partial charge in [-0.1, -0.05) is 11.6 Å². The van der Waals surface area contributed by atoms with Crippen LogP contribution in [-0.2, 0) is 10.0 Å². The molecule has 9 heteroatoms. The van der Waals surface area contributed by atoms with Gasteiger partial charge in [-0.05, 0) is 30.3 Å². The molecule has 0 saturated carbocycles. The van der Waals surface area contributed by atoms with Crippen molar-refractivity contribution in [2.24, 2.45) is 0 Å². The SMILES string of the molecule is COc1ccc(NC(=O)c2ccc(NS(C)(=O)=O)cc2Cl)cc1OC. The molecule has 0 saturated heterocycles. The summed E-state index contributed by atoms with van der Waals surface area (Å²) in [6.45, 7) is 0. The number of benzene rings is 2. The topological polar surface area (TPSA) is 93.7 Å². The Morgan fingerprint density at radius 2 is 1.64 bits per heavy atom. The molecule has 0 aliphatic heterocycles. The molecule has 0 aliphatic rings. The summed E-state index contributed by atoms with van der Waals surface area (Å²) >= 11 is 6.09. The standard InChI is InChI=1S/C16H17ClN2O5S/c1-23-14-7-5-10(9-15(14)24-2)18-16(20)12-6-4-11(8-13(12)17)19-25(3,21)22/h4-9,19H,1-3H3,(H,18,20). The summed E-state index contributed by atoms with van der Waals surface area (Å²) in [6, 6.07) is 9.20. The lowest BCUT2D eigenvalue weighted by Crippen LogP contribution is -2.14. The third-order valence-corrected chi connectivity index (χ3v) is 4.08. The van der Waals surface area contributed by atoms with Crippen molar-refractivity contribution in [2.45, 2.75) is 0 Å². The fourth-order valence-corrected chi connectivity index (χ4v) is 2.91. The van der Waals surface area contributed by atoms with Crippen molar-refractivity contribution in [1.82, 2.24) is 0 Å². The van der Waals surface area contributed by atoms with Crippen molar-refractivity contribution < 1.29 is 22.7 Å². The Morgan fingerprint density at radius 3 is 2.20 bits per heavy atom. The lowest BCUT2D eigenvalue weighted by atomic mass is 10.2. The second-order valence-corrected chi connectivity index (χ2v) is 7.25. The minimum Gasteiger partial charge on any atom is -0.493 e. The lowest BCUT2D eigenvalue weighted by molar-refractivity contribution is 0.102. The van der Waals surface area contributed by atoms with Gasteiger partial charge in [0.05, 0.1) is 31.1 Å². The number of hydrogen-bond donors (Lipinski definition) is 2. The molecule has 2 aromatic rings. The molecule has 25 heavy (non-hydrogen) atoms. The number of nitrogens with one attached hydrogen (secondary N) is 2. The fraction of sp³-hybridized carbons (Fsp3) is 0.188. The Balaban J connectivity index is 2.21. The van der Waals surface area contributed by atoms with Gasteiger partial charge in [-0.25, -0.2) is 8.42 Å². The normalized spacial score (nSPS) is 10.9. The highest BCUT2D eigenvalue weighted by Crippen LogP contribution is 2.30. The molecular formula is C16H17ClN2O5S. The maximum absolute atomic E-state index is 12.4. The van der Waals surface area contributed by atoms with E-state index in [1.807, 2.05) is 0 Å². The summed E-state index contributed by atoms with van der Waals surface area (Å²) in [5.74, 6) is 0.567. The molecule has 0 heterocycles. The average molecular weight is 385 g/mol. The van der Waals surface area contributed by atoms with Crippen LogP contribution in [-0.4, -0.2) is 34.8 Å². The first-order chi connectivity index (χ1) is 11.7. The minimum absolute atomic E-state index is 0.117. The zero-order valence-electron chi connectivity index (χ0n) is 13.8. The van der Waals surface area contributed by atoms with Crippen LogP contribution >= 0.6 is 11.6 Å².